The third kappa shape index (κ3) is 3.45. The minimum atomic E-state index is -0.0527. The van der Waals surface area contributed by atoms with Crippen molar-refractivity contribution < 1.29 is 4.58 Å². The van der Waals surface area contributed by atoms with E-state index in [0.29, 0.717) is 0 Å². The maximum Gasteiger partial charge on any atom is 0.208 e. The number of anilines is 1. The fraction of sp³-hybridized carbons (Fsp3) is 0.321. The van der Waals surface area contributed by atoms with E-state index in [-0.39, 0.29) is 10.8 Å². The van der Waals surface area contributed by atoms with Gasteiger partial charge in [-0.15, -0.1) is 0 Å². The molecule has 0 spiro atoms. The predicted octanol–water partition coefficient (Wildman–Crippen LogP) is 6.55. The molecule has 156 valence electrons. The van der Waals surface area contributed by atoms with Gasteiger partial charge in [-0.1, -0.05) is 69.0 Å². The first-order valence-electron chi connectivity index (χ1n) is 10.7. The molecule has 0 fully saturated rings. The molecule has 2 aliphatic rings. The summed E-state index contributed by atoms with van der Waals surface area (Å²) in [6.07, 6.45) is 17.1. The Labute approximate surface area is 182 Å². The maximum atomic E-state index is 4.02. The van der Waals surface area contributed by atoms with E-state index in [1.807, 2.05) is 6.08 Å². The average Bonchev–Trinajstić information content (AvgIpc) is 3.01. The third-order valence-corrected chi connectivity index (χ3v) is 6.51. The molecular weight excluding hydrogens is 364 g/mol. The van der Waals surface area contributed by atoms with E-state index in [1.54, 1.807) is 0 Å². The summed E-state index contributed by atoms with van der Waals surface area (Å²) >= 11 is 0. The Hall–Kier alpha value is -2.87. The largest absolute Gasteiger partial charge is 0.347 e. The van der Waals surface area contributed by atoms with Gasteiger partial charge in [-0.25, -0.2) is 0 Å². The second-order valence-corrected chi connectivity index (χ2v) is 9.07. The molecule has 0 bridgehead atoms. The predicted molar refractivity (Wildman–Crippen MR) is 131 cm³/mol. The van der Waals surface area contributed by atoms with Crippen LogP contribution in [0.5, 0.6) is 0 Å². The monoisotopic (exact) mass is 399 g/mol. The molecule has 30 heavy (non-hydrogen) atoms. The smallest absolute Gasteiger partial charge is 0.208 e. The minimum absolute atomic E-state index is 0.00593. The Morgan fingerprint density at radius 1 is 0.967 bits per heavy atom. The molecule has 0 unspecified atom stereocenters. The quantitative estimate of drug-likeness (QED) is 0.402. The second kappa shape index (κ2) is 8.10. The van der Waals surface area contributed by atoms with Gasteiger partial charge in [-0.3, -0.25) is 0 Å². The van der Waals surface area contributed by atoms with Gasteiger partial charge in [0.2, 0.25) is 5.70 Å². The van der Waals surface area contributed by atoms with Gasteiger partial charge >= 0.3 is 0 Å². The molecule has 0 N–H and O–H groups in total. The molecule has 2 aliphatic heterocycles. The zero-order valence-electron chi connectivity index (χ0n) is 19.5. The fourth-order valence-corrected chi connectivity index (χ4v) is 4.87. The van der Waals surface area contributed by atoms with E-state index < -0.39 is 0 Å². The van der Waals surface area contributed by atoms with Crippen molar-refractivity contribution in [3.05, 3.63) is 102 Å². The van der Waals surface area contributed by atoms with Crippen LogP contribution in [0.4, 0.5) is 5.69 Å². The molecule has 0 aliphatic carbocycles. The highest BCUT2D eigenvalue weighted by Crippen LogP contribution is 2.46. The Morgan fingerprint density at radius 3 is 2.30 bits per heavy atom. The number of fused-ring (bicyclic) bond motifs is 1. The lowest BCUT2D eigenvalue weighted by molar-refractivity contribution is -0.435. The average molecular weight is 400 g/mol. The van der Waals surface area contributed by atoms with Crippen LogP contribution in [-0.2, 0) is 5.41 Å². The number of hydrogen-bond donors (Lipinski definition) is 0. The van der Waals surface area contributed by atoms with Crippen LogP contribution in [0.25, 0.3) is 0 Å². The summed E-state index contributed by atoms with van der Waals surface area (Å²) in [5.74, 6) is 0. The molecule has 0 aromatic heterocycles. The summed E-state index contributed by atoms with van der Waals surface area (Å²) < 4.78 is 2.25. The van der Waals surface area contributed by atoms with Crippen molar-refractivity contribution in [1.29, 1.82) is 0 Å². The van der Waals surface area contributed by atoms with Gasteiger partial charge in [0.15, 0.2) is 5.71 Å². The summed E-state index contributed by atoms with van der Waals surface area (Å²) in [5, 5.41) is 0. The molecule has 3 rings (SSSR count). The zero-order valence-corrected chi connectivity index (χ0v) is 19.5. The first-order chi connectivity index (χ1) is 14.2. The second-order valence-electron chi connectivity index (χ2n) is 9.07. The van der Waals surface area contributed by atoms with Crippen LogP contribution >= 0.6 is 0 Å². The van der Waals surface area contributed by atoms with Gasteiger partial charge in [-0.2, -0.15) is 4.58 Å². The molecule has 2 heterocycles. The molecule has 1 aromatic carbocycles. The van der Waals surface area contributed by atoms with Crippen molar-refractivity contribution in [2.45, 2.75) is 40.0 Å². The van der Waals surface area contributed by atoms with Gasteiger partial charge in [0.05, 0.1) is 5.41 Å². The molecule has 2 nitrogen and oxygen atoms in total. The summed E-state index contributed by atoms with van der Waals surface area (Å²) in [6.45, 7) is 15.2. The lowest BCUT2D eigenvalue weighted by Gasteiger charge is -2.23. The minimum Gasteiger partial charge on any atom is -0.347 e. The molecule has 0 radical (unpaired) electrons. The number of rotatable bonds is 5. The lowest BCUT2D eigenvalue weighted by Crippen LogP contribution is -2.24. The highest BCUT2D eigenvalue weighted by Gasteiger charge is 2.42. The van der Waals surface area contributed by atoms with E-state index in [2.05, 4.69) is 132 Å². The van der Waals surface area contributed by atoms with Crippen LogP contribution in [-0.4, -0.2) is 24.4 Å². The summed E-state index contributed by atoms with van der Waals surface area (Å²) in [6, 6.07) is 8.66. The van der Waals surface area contributed by atoms with Crippen molar-refractivity contribution in [2.75, 3.05) is 19.0 Å². The van der Waals surface area contributed by atoms with Gasteiger partial charge < -0.3 is 4.90 Å². The van der Waals surface area contributed by atoms with Crippen molar-refractivity contribution in [2.24, 2.45) is 5.41 Å². The Bertz CT molecular complexity index is 1040. The topological polar surface area (TPSA) is 6.25 Å². The van der Waals surface area contributed by atoms with Crippen LogP contribution < -0.4 is 4.90 Å². The summed E-state index contributed by atoms with van der Waals surface area (Å²) in [7, 11) is 4.27. The van der Waals surface area contributed by atoms with Crippen LogP contribution in [0.2, 0.25) is 0 Å². The van der Waals surface area contributed by atoms with Crippen LogP contribution in [0.15, 0.2) is 96.4 Å². The van der Waals surface area contributed by atoms with E-state index in [1.165, 1.54) is 33.9 Å². The molecule has 0 saturated carbocycles. The van der Waals surface area contributed by atoms with Crippen LogP contribution in [0, 0.1) is 5.41 Å². The first-order valence-corrected chi connectivity index (χ1v) is 10.7. The zero-order chi connectivity index (χ0) is 22.1. The standard InChI is InChI=1S/C28H35N2/c1-9-16-21-23(10-2)29(7)25(27(21,3)4)19-12-11-13-20-26-28(5,6)22-17-14-15-18-24(22)30(26)8/h9-20H,2H2,1,3-8H3/q+1. The SMILES string of the molecule is C=CC1=C(C=CC)C(C)(C)C(C=CC=CC=C2N(C)c3ccccc3C2(C)C)=[N+]1C. The van der Waals surface area contributed by atoms with E-state index >= 15 is 0 Å². The number of para-hydroxylation sites is 1. The first kappa shape index (κ1) is 21.8. The number of likely N-dealkylation sites (N-methyl/N-ethyl adjacent to an activating group) is 2. The van der Waals surface area contributed by atoms with E-state index in [0.717, 1.165) is 0 Å². The Balaban J connectivity index is 1.83. The van der Waals surface area contributed by atoms with E-state index in [9.17, 15) is 0 Å². The van der Waals surface area contributed by atoms with Crippen molar-refractivity contribution in [1.82, 2.24) is 0 Å². The van der Waals surface area contributed by atoms with Crippen LogP contribution in [0.3, 0.4) is 0 Å². The highest BCUT2D eigenvalue weighted by molar-refractivity contribution is 6.00. The van der Waals surface area contributed by atoms with Gasteiger partial charge in [0, 0.05) is 41.6 Å². The van der Waals surface area contributed by atoms with Crippen LogP contribution in [0.1, 0.15) is 40.2 Å². The van der Waals surface area contributed by atoms with Gasteiger partial charge in [0.1, 0.15) is 7.05 Å². The lowest BCUT2D eigenvalue weighted by atomic mass is 9.80. The molecule has 1 aromatic rings. The van der Waals surface area contributed by atoms with Crippen molar-refractivity contribution in [3.8, 4) is 0 Å². The number of benzene rings is 1. The third-order valence-electron chi connectivity index (χ3n) is 6.51. The Morgan fingerprint density at radius 2 is 1.67 bits per heavy atom. The Kier molecular flexibility index (Phi) is 5.90. The maximum absolute atomic E-state index is 4.02. The van der Waals surface area contributed by atoms with Crippen molar-refractivity contribution >= 4 is 11.4 Å². The number of hydrogen-bond acceptors (Lipinski definition) is 1. The normalized spacial score (nSPS) is 21.8. The molecule has 0 atom stereocenters. The fourth-order valence-electron chi connectivity index (χ4n) is 4.87. The number of allylic oxidation sites excluding steroid dienone is 10. The molecule has 2 heteroatoms. The van der Waals surface area contributed by atoms with Gasteiger partial charge in [-0.05, 0) is 38.5 Å². The molecule has 0 saturated heterocycles. The van der Waals surface area contributed by atoms with Gasteiger partial charge in [0.25, 0.3) is 0 Å². The number of nitrogens with zero attached hydrogens (tertiary/aromatic N) is 2. The highest BCUT2D eigenvalue weighted by atomic mass is 15.2. The molecule has 0 amide bonds. The van der Waals surface area contributed by atoms with Crippen molar-refractivity contribution in [3.63, 3.8) is 0 Å². The van der Waals surface area contributed by atoms with E-state index in [4.69, 9.17) is 0 Å². The summed E-state index contributed by atoms with van der Waals surface area (Å²) in [4.78, 5) is 2.30. The molecular formula is C28H35N2+. The summed E-state index contributed by atoms with van der Waals surface area (Å²) in [5.41, 5.74) is 7.69.